The van der Waals surface area contributed by atoms with Crippen LogP contribution in [0.1, 0.15) is 12.0 Å². The van der Waals surface area contributed by atoms with Crippen LogP contribution >= 0.6 is 0 Å². The first-order chi connectivity index (χ1) is 14.6. The van der Waals surface area contributed by atoms with Crippen molar-refractivity contribution in [2.75, 3.05) is 11.9 Å². The van der Waals surface area contributed by atoms with Crippen LogP contribution in [0.4, 0.5) is 5.88 Å². The third-order valence-electron chi connectivity index (χ3n) is 4.72. The van der Waals surface area contributed by atoms with Crippen molar-refractivity contribution >= 4 is 15.7 Å². The predicted octanol–water partition coefficient (Wildman–Crippen LogP) is 4.18. The first kappa shape index (κ1) is 19.9. The van der Waals surface area contributed by atoms with E-state index in [0.717, 1.165) is 24.1 Å². The lowest BCUT2D eigenvalue weighted by atomic mass is 10.1. The van der Waals surface area contributed by atoms with Crippen LogP contribution in [0.3, 0.4) is 0 Å². The number of sulfone groups is 1. The fraction of sp³-hybridized carbons (Fsp3) is 0.182. The highest BCUT2D eigenvalue weighted by Crippen LogP contribution is 2.33. The van der Waals surface area contributed by atoms with Gasteiger partial charge < -0.3 is 14.3 Å². The second kappa shape index (κ2) is 8.54. The molecule has 0 aliphatic carbocycles. The maximum atomic E-state index is 13.2. The average molecular weight is 423 g/mol. The number of oxazole rings is 1. The fourth-order valence-electron chi connectivity index (χ4n) is 3.12. The number of nitrogens with zero attached hydrogens (tertiary/aromatic N) is 3. The summed E-state index contributed by atoms with van der Waals surface area (Å²) < 4.78 is 34.3. The van der Waals surface area contributed by atoms with Crippen LogP contribution < -0.4 is 5.32 Å². The molecule has 0 atom stereocenters. The Hall–Kier alpha value is -3.39. The minimum absolute atomic E-state index is 0.102. The number of aryl methyl sites for hydroxylation is 2. The van der Waals surface area contributed by atoms with Gasteiger partial charge in [-0.3, -0.25) is 0 Å². The minimum Gasteiger partial charge on any atom is -0.419 e. The van der Waals surface area contributed by atoms with Crippen LogP contribution in [-0.4, -0.2) is 29.5 Å². The van der Waals surface area contributed by atoms with Crippen LogP contribution in [0.2, 0.25) is 0 Å². The molecule has 0 bridgehead atoms. The van der Waals surface area contributed by atoms with E-state index < -0.39 is 9.84 Å². The number of benzene rings is 2. The molecule has 0 saturated heterocycles. The first-order valence-corrected chi connectivity index (χ1v) is 11.1. The lowest BCUT2D eigenvalue weighted by Crippen LogP contribution is -2.09. The third-order valence-corrected chi connectivity index (χ3v) is 6.40. The lowest BCUT2D eigenvalue weighted by Gasteiger charge is -2.06. The largest absolute Gasteiger partial charge is 0.419 e. The standard InChI is InChI=1S/C22H22N4O3S/c1-17-8-5-6-11-19(17)20-25-22(30(27,28)18-9-3-2-4-10-18)21(29-20)24-12-7-14-26-15-13-23-16-26/h2-6,8-11,13,15-16,24H,7,12,14H2,1H3. The molecule has 0 spiro atoms. The fourth-order valence-corrected chi connectivity index (χ4v) is 4.42. The Morgan fingerprint density at radius 2 is 1.83 bits per heavy atom. The molecule has 0 amide bonds. The quantitative estimate of drug-likeness (QED) is 0.429. The molecule has 30 heavy (non-hydrogen) atoms. The van der Waals surface area contributed by atoms with Crippen molar-refractivity contribution in [2.24, 2.45) is 0 Å². The van der Waals surface area contributed by atoms with Crippen LogP contribution in [0.25, 0.3) is 11.5 Å². The van der Waals surface area contributed by atoms with Gasteiger partial charge in [-0.15, -0.1) is 0 Å². The van der Waals surface area contributed by atoms with E-state index in [1.54, 1.807) is 42.9 Å². The highest BCUT2D eigenvalue weighted by atomic mass is 32.2. The highest BCUT2D eigenvalue weighted by molar-refractivity contribution is 7.91. The van der Waals surface area contributed by atoms with Crippen LogP contribution in [-0.2, 0) is 16.4 Å². The summed E-state index contributed by atoms with van der Waals surface area (Å²) in [6.45, 7) is 3.22. The summed E-state index contributed by atoms with van der Waals surface area (Å²) in [7, 11) is -3.83. The lowest BCUT2D eigenvalue weighted by molar-refractivity contribution is 0.571. The molecule has 0 fully saturated rings. The predicted molar refractivity (Wildman–Crippen MR) is 114 cm³/mol. The Balaban J connectivity index is 1.65. The molecule has 8 heteroatoms. The van der Waals surface area contributed by atoms with E-state index in [4.69, 9.17) is 4.42 Å². The molecule has 0 saturated carbocycles. The topological polar surface area (TPSA) is 90.0 Å². The van der Waals surface area contributed by atoms with Crippen molar-refractivity contribution in [3.8, 4) is 11.5 Å². The Kier molecular flexibility index (Phi) is 5.67. The SMILES string of the molecule is Cc1ccccc1-c1nc(S(=O)(=O)c2ccccc2)c(NCCCn2ccnc2)o1. The van der Waals surface area contributed by atoms with Crippen molar-refractivity contribution in [1.29, 1.82) is 0 Å². The monoisotopic (exact) mass is 422 g/mol. The van der Waals surface area contributed by atoms with Crippen molar-refractivity contribution in [2.45, 2.75) is 29.8 Å². The van der Waals surface area contributed by atoms with Crippen LogP contribution in [0.5, 0.6) is 0 Å². The van der Waals surface area contributed by atoms with Gasteiger partial charge in [-0.1, -0.05) is 36.4 Å². The highest BCUT2D eigenvalue weighted by Gasteiger charge is 2.28. The second-order valence-electron chi connectivity index (χ2n) is 6.87. The minimum atomic E-state index is -3.83. The van der Waals surface area contributed by atoms with Gasteiger partial charge in [0.1, 0.15) is 0 Å². The summed E-state index contributed by atoms with van der Waals surface area (Å²) >= 11 is 0. The Morgan fingerprint density at radius 3 is 2.57 bits per heavy atom. The van der Waals surface area contributed by atoms with E-state index in [1.165, 1.54) is 0 Å². The summed E-state index contributed by atoms with van der Waals surface area (Å²) in [6.07, 6.45) is 6.12. The van der Waals surface area contributed by atoms with Crippen molar-refractivity contribution < 1.29 is 12.8 Å². The summed E-state index contributed by atoms with van der Waals surface area (Å²) in [5.41, 5.74) is 1.71. The van der Waals surface area contributed by atoms with Crippen molar-refractivity contribution in [3.63, 3.8) is 0 Å². The zero-order chi connectivity index (χ0) is 21.0. The van der Waals surface area contributed by atoms with Crippen LogP contribution in [0.15, 0.2) is 87.7 Å². The molecule has 2 heterocycles. The number of imidazole rings is 1. The van der Waals surface area contributed by atoms with Gasteiger partial charge in [0.05, 0.1) is 11.2 Å². The van der Waals surface area contributed by atoms with Gasteiger partial charge in [-0.05, 0) is 37.1 Å². The number of rotatable bonds is 8. The Labute approximate surface area is 175 Å². The average Bonchev–Trinajstić information content (AvgIpc) is 3.42. The number of nitrogens with one attached hydrogen (secondary N) is 1. The van der Waals surface area contributed by atoms with E-state index in [-0.39, 0.29) is 21.7 Å². The maximum absolute atomic E-state index is 13.2. The zero-order valence-electron chi connectivity index (χ0n) is 16.5. The summed E-state index contributed by atoms with van der Waals surface area (Å²) in [5, 5.41) is 3.02. The first-order valence-electron chi connectivity index (χ1n) is 9.62. The normalized spacial score (nSPS) is 11.5. The van der Waals surface area contributed by atoms with E-state index in [9.17, 15) is 8.42 Å². The molecule has 4 aromatic rings. The molecule has 2 aromatic heterocycles. The third kappa shape index (κ3) is 4.13. The van der Waals surface area contributed by atoms with E-state index in [2.05, 4.69) is 15.3 Å². The van der Waals surface area contributed by atoms with Gasteiger partial charge in [0.2, 0.25) is 26.6 Å². The van der Waals surface area contributed by atoms with Gasteiger partial charge in [0.15, 0.2) is 0 Å². The van der Waals surface area contributed by atoms with E-state index in [1.807, 2.05) is 42.0 Å². The molecule has 2 aromatic carbocycles. The Morgan fingerprint density at radius 1 is 1.07 bits per heavy atom. The van der Waals surface area contributed by atoms with Gasteiger partial charge in [0.25, 0.3) is 0 Å². The zero-order valence-corrected chi connectivity index (χ0v) is 17.3. The summed E-state index contributed by atoms with van der Waals surface area (Å²) in [6, 6.07) is 15.8. The summed E-state index contributed by atoms with van der Waals surface area (Å²) in [5.74, 6) is 0.433. The van der Waals surface area contributed by atoms with Gasteiger partial charge in [-0.2, -0.15) is 4.98 Å². The summed E-state index contributed by atoms with van der Waals surface area (Å²) in [4.78, 5) is 8.58. The molecule has 4 rings (SSSR count). The molecular formula is C22H22N4O3S. The molecule has 7 nitrogen and oxygen atoms in total. The van der Waals surface area contributed by atoms with E-state index in [0.29, 0.717) is 6.54 Å². The van der Waals surface area contributed by atoms with Crippen molar-refractivity contribution in [1.82, 2.24) is 14.5 Å². The van der Waals surface area contributed by atoms with Crippen molar-refractivity contribution in [3.05, 3.63) is 78.9 Å². The molecule has 0 unspecified atom stereocenters. The molecule has 0 aliphatic heterocycles. The van der Waals surface area contributed by atoms with Gasteiger partial charge in [0, 0.05) is 31.0 Å². The second-order valence-corrected chi connectivity index (χ2v) is 8.73. The number of anilines is 1. The molecule has 0 radical (unpaired) electrons. The van der Waals surface area contributed by atoms with Gasteiger partial charge in [-0.25, -0.2) is 13.4 Å². The number of aromatic nitrogens is 3. The maximum Gasteiger partial charge on any atom is 0.233 e. The number of hydrogen-bond acceptors (Lipinski definition) is 6. The molecule has 0 aliphatic rings. The van der Waals surface area contributed by atoms with E-state index >= 15 is 0 Å². The Bertz CT molecular complexity index is 1220. The van der Waals surface area contributed by atoms with Gasteiger partial charge >= 0.3 is 0 Å². The van der Waals surface area contributed by atoms with Crippen LogP contribution in [0, 0.1) is 6.92 Å². The molecular weight excluding hydrogens is 400 g/mol. The number of hydrogen-bond donors (Lipinski definition) is 1. The molecule has 1 N–H and O–H groups in total. The molecule has 154 valence electrons. The smallest absolute Gasteiger partial charge is 0.233 e.